The molecule has 1 N–H and O–H groups in total. The van der Waals surface area contributed by atoms with Crippen molar-refractivity contribution >= 4 is 5.69 Å². The number of imidazole rings is 1. The second-order valence-electron chi connectivity index (χ2n) is 7.11. The van der Waals surface area contributed by atoms with Gasteiger partial charge in [-0.25, -0.2) is 4.98 Å². The van der Waals surface area contributed by atoms with Crippen LogP contribution >= 0.6 is 0 Å². The van der Waals surface area contributed by atoms with Crippen LogP contribution in [-0.4, -0.2) is 16.5 Å². The summed E-state index contributed by atoms with van der Waals surface area (Å²) < 4.78 is 0. The van der Waals surface area contributed by atoms with E-state index in [0.717, 1.165) is 30.9 Å². The average molecular weight is 338 g/mol. The summed E-state index contributed by atoms with van der Waals surface area (Å²) in [5.41, 5.74) is 4.82. The number of nitrogens with zero attached hydrogens (tertiary/aromatic N) is 2. The summed E-state index contributed by atoms with van der Waals surface area (Å²) >= 11 is 0. The van der Waals surface area contributed by atoms with Crippen LogP contribution < -0.4 is 4.90 Å². The summed E-state index contributed by atoms with van der Waals surface area (Å²) in [6.45, 7) is 9.82. The Morgan fingerprint density at radius 3 is 2.76 bits per heavy atom. The van der Waals surface area contributed by atoms with Crippen LogP contribution in [-0.2, 0) is 6.42 Å². The summed E-state index contributed by atoms with van der Waals surface area (Å²) in [5, 5.41) is 0. The molecule has 1 heterocycles. The van der Waals surface area contributed by atoms with E-state index in [9.17, 15) is 0 Å². The molecule has 1 fully saturated rings. The maximum atomic E-state index is 4.50. The summed E-state index contributed by atoms with van der Waals surface area (Å²) in [4.78, 5) is 10.3. The zero-order valence-corrected chi connectivity index (χ0v) is 15.7. The Morgan fingerprint density at radius 2 is 2.04 bits per heavy atom. The summed E-state index contributed by atoms with van der Waals surface area (Å²) in [7, 11) is 0. The van der Waals surface area contributed by atoms with Crippen molar-refractivity contribution in [3.8, 4) is 11.3 Å². The van der Waals surface area contributed by atoms with E-state index in [0.29, 0.717) is 5.92 Å². The molecule has 134 valence electrons. The fraction of sp³-hybridized carbons (Fsp3) is 0.500. The maximum Gasteiger partial charge on any atom is 0.106 e. The zero-order valence-electron chi connectivity index (χ0n) is 15.7. The molecule has 0 spiro atoms. The van der Waals surface area contributed by atoms with Crippen molar-refractivity contribution in [2.24, 2.45) is 5.92 Å². The standard InChI is InChI=1S/C22H31N3/c1-4-10-22-23-16-21(24-22)19-13-9-14-20(15-19)25(5-2)17(3)18-11-7-6-8-12-18/h9,13-16,18H,3-8,10-12H2,1-2H3,(H,23,24). The van der Waals surface area contributed by atoms with Gasteiger partial charge in [-0.05, 0) is 44.2 Å². The van der Waals surface area contributed by atoms with Crippen LogP contribution in [0.2, 0.25) is 0 Å². The third-order valence-corrected chi connectivity index (χ3v) is 5.32. The third-order valence-electron chi connectivity index (χ3n) is 5.32. The molecule has 25 heavy (non-hydrogen) atoms. The van der Waals surface area contributed by atoms with Gasteiger partial charge in [-0.2, -0.15) is 0 Å². The van der Waals surface area contributed by atoms with Gasteiger partial charge in [0.25, 0.3) is 0 Å². The van der Waals surface area contributed by atoms with Crippen LogP contribution in [0.1, 0.15) is 58.2 Å². The summed E-state index contributed by atoms with van der Waals surface area (Å²) in [6.07, 6.45) is 10.7. The van der Waals surface area contributed by atoms with Gasteiger partial charge in [-0.1, -0.05) is 44.9 Å². The second kappa shape index (κ2) is 8.37. The molecule has 0 saturated heterocycles. The van der Waals surface area contributed by atoms with E-state index in [1.807, 2.05) is 6.20 Å². The van der Waals surface area contributed by atoms with E-state index in [2.05, 4.69) is 59.6 Å². The lowest BCUT2D eigenvalue weighted by Gasteiger charge is -2.33. The van der Waals surface area contributed by atoms with Gasteiger partial charge in [0.1, 0.15) is 5.82 Å². The topological polar surface area (TPSA) is 31.9 Å². The summed E-state index contributed by atoms with van der Waals surface area (Å²) in [5.74, 6) is 1.71. The highest BCUT2D eigenvalue weighted by Crippen LogP contribution is 2.34. The van der Waals surface area contributed by atoms with Crippen molar-refractivity contribution in [2.45, 2.75) is 58.8 Å². The number of aromatic amines is 1. The van der Waals surface area contributed by atoms with E-state index < -0.39 is 0 Å². The fourth-order valence-corrected chi connectivity index (χ4v) is 3.92. The van der Waals surface area contributed by atoms with Crippen molar-refractivity contribution in [1.29, 1.82) is 0 Å². The highest BCUT2D eigenvalue weighted by molar-refractivity contribution is 5.66. The third kappa shape index (κ3) is 4.15. The van der Waals surface area contributed by atoms with Gasteiger partial charge in [0.15, 0.2) is 0 Å². The van der Waals surface area contributed by atoms with Crippen LogP contribution in [0.3, 0.4) is 0 Å². The first-order valence-corrected chi connectivity index (χ1v) is 9.83. The predicted octanol–water partition coefficient (Wildman–Crippen LogP) is 5.95. The molecule has 0 radical (unpaired) electrons. The molecule has 2 aromatic rings. The molecule has 0 aliphatic heterocycles. The van der Waals surface area contributed by atoms with Gasteiger partial charge in [0.2, 0.25) is 0 Å². The molecule has 1 aliphatic rings. The minimum absolute atomic E-state index is 0.640. The molecule has 3 rings (SSSR count). The fourth-order valence-electron chi connectivity index (χ4n) is 3.92. The highest BCUT2D eigenvalue weighted by atomic mass is 15.1. The minimum atomic E-state index is 0.640. The van der Waals surface area contributed by atoms with E-state index in [4.69, 9.17) is 0 Å². The number of allylic oxidation sites excluding steroid dienone is 1. The summed E-state index contributed by atoms with van der Waals surface area (Å²) in [6, 6.07) is 8.76. The quantitative estimate of drug-likeness (QED) is 0.677. The lowest BCUT2D eigenvalue weighted by atomic mass is 9.86. The van der Waals surface area contributed by atoms with Gasteiger partial charge >= 0.3 is 0 Å². The predicted molar refractivity (Wildman–Crippen MR) is 107 cm³/mol. The number of rotatable bonds is 7. The van der Waals surface area contributed by atoms with Crippen LogP contribution in [0.4, 0.5) is 5.69 Å². The minimum Gasteiger partial charge on any atom is -0.346 e. The van der Waals surface area contributed by atoms with Gasteiger partial charge in [-0.15, -0.1) is 0 Å². The van der Waals surface area contributed by atoms with Crippen molar-refractivity contribution in [3.05, 3.63) is 48.6 Å². The normalized spacial score (nSPS) is 15.3. The van der Waals surface area contributed by atoms with Gasteiger partial charge in [-0.3, -0.25) is 0 Å². The first kappa shape index (κ1) is 17.8. The SMILES string of the molecule is C=C(C1CCCCC1)N(CC)c1cccc(-c2cnc(CCC)[nH]2)c1. The van der Waals surface area contributed by atoms with Crippen molar-refractivity contribution in [2.75, 3.05) is 11.4 Å². The molecule has 1 aromatic carbocycles. The average Bonchev–Trinajstić information content (AvgIpc) is 3.12. The Labute approximate surface area is 152 Å². The molecular formula is C22H31N3. The monoisotopic (exact) mass is 337 g/mol. The zero-order chi connectivity index (χ0) is 17.6. The Balaban J connectivity index is 1.81. The van der Waals surface area contributed by atoms with E-state index in [1.165, 1.54) is 49.1 Å². The Morgan fingerprint density at radius 1 is 1.24 bits per heavy atom. The van der Waals surface area contributed by atoms with Crippen molar-refractivity contribution in [1.82, 2.24) is 9.97 Å². The molecule has 0 atom stereocenters. The Kier molecular flexibility index (Phi) is 5.95. The van der Waals surface area contributed by atoms with E-state index in [-0.39, 0.29) is 0 Å². The molecule has 3 nitrogen and oxygen atoms in total. The lowest BCUT2D eigenvalue weighted by Crippen LogP contribution is -2.27. The number of hydrogen-bond acceptors (Lipinski definition) is 2. The highest BCUT2D eigenvalue weighted by Gasteiger charge is 2.21. The van der Waals surface area contributed by atoms with Gasteiger partial charge in [0.05, 0.1) is 11.9 Å². The number of H-pyrrole nitrogens is 1. The molecule has 1 aliphatic carbocycles. The molecule has 0 amide bonds. The smallest absolute Gasteiger partial charge is 0.106 e. The maximum absolute atomic E-state index is 4.50. The number of hydrogen-bond donors (Lipinski definition) is 1. The number of nitrogens with one attached hydrogen (secondary N) is 1. The molecule has 1 aromatic heterocycles. The van der Waals surface area contributed by atoms with Crippen molar-refractivity contribution in [3.63, 3.8) is 0 Å². The molecule has 0 unspecified atom stereocenters. The first-order chi connectivity index (χ1) is 12.2. The van der Waals surface area contributed by atoms with Crippen molar-refractivity contribution < 1.29 is 0 Å². The van der Waals surface area contributed by atoms with E-state index >= 15 is 0 Å². The Hall–Kier alpha value is -2.03. The molecule has 3 heteroatoms. The number of benzene rings is 1. The van der Waals surface area contributed by atoms with E-state index in [1.54, 1.807) is 0 Å². The molecule has 0 bridgehead atoms. The number of aromatic nitrogens is 2. The molecular weight excluding hydrogens is 306 g/mol. The lowest BCUT2D eigenvalue weighted by molar-refractivity contribution is 0.397. The Bertz CT molecular complexity index is 695. The molecule has 1 saturated carbocycles. The number of anilines is 1. The van der Waals surface area contributed by atoms with Crippen LogP contribution in [0.15, 0.2) is 42.7 Å². The number of aryl methyl sites for hydroxylation is 1. The van der Waals surface area contributed by atoms with Crippen LogP contribution in [0.5, 0.6) is 0 Å². The van der Waals surface area contributed by atoms with Gasteiger partial charge < -0.3 is 9.88 Å². The first-order valence-electron chi connectivity index (χ1n) is 9.83. The largest absolute Gasteiger partial charge is 0.346 e. The van der Waals surface area contributed by atoms with Crippen LogP contribution in [0.25, 0.3) is 11.3 Å². The second-order valence-corrected chi connectivity index (χ2v) is 7.11. The van der Waals surface area contributed by atoms with Gasteiger partial charge in [0, 0.05) is 29.9 Å². The van der Waals surface area contributed by atoms with Crippen LogP contribution in [0, 0.1) is 5.92 Å².